The zero-order chi connectivity index (χ0) is 11.5. The van der Waals surface area contributed by atoms with Crippen molar-refractivity contribution in [2.75, 3.05) is 7.05 Å². The minimum atomic E-state index is 0.849. The van der Waals surface area contributed by atoms with Gasteiger partial charge in [0.25, 0.3) is 0 Å². The van der Waals surface area contributed by atoms with Gasteiger partial charge < -0.3 is 5.32 Å². The highest BCUT2D eigenvalue weighted by molar-refractivity contribution is 5.31. The lowest BCUT2D eigenvalue weighted by atomic mass is 10.2. The van der Waals surface area contributed by atoms with Crippen molar-refractivity contribution in [2.24, 2.45) is 0 Å². The third kappa shape index (κ3) is 1.97. The summed E-state index contributed by atoms with van der Waals surface area (Å²) in [6.45, 7) is 4.90. The summed E-state index contributed by atoms with van der Waals surface area (Å²) in [6.07, 6.45) is 3.65. The van der Waals surface area contributed by atoms with E-state index in [1.54, 1.807) is 0 Å². The van der Waals surface area contributed by atoms with Gasteiger partial charge >= 0.3 is 0 Å². The van der Waals surface area contributed by atoms with Crippen LogP contribution >= 0.6 is 0 Å². The standard InChI is InChI=1S/C12H16N4/c1-9-10(2)16(8-15-9)12-6-11(7-13-3)4-5-14-12/h4-6,8,13H,7H2,1-3H3. The molecule has 0 aliphatic rings. The molecule has 4 heteroatoms. The minimum absolute atomic E-state index is 0.849. The van der Waals surface area contributed by atoms with E-state index < -0.39 is 0 Å². The molecule has 0 spiro atoms. The lowest BCUT2D eigenvalue weighted by Crippen LogP contribution is -2.06. The predicted octanol–water partition coefficient (Wildman–Crippen LogP) is 1.60. The molecule has 0 unspecified atom stereocenters. The molecule has 0 saturated heterocycles. The van der Waals surface area contributed by atoms with Crippen molar-refractivity contribution in [3.05, 3.63) is 41.6 Å². The van der Waals surface area contributed by atoms with E-state index in [0.717, 1.165) is 23.8 Å². The van der Waals surface area contributed by atoms with Crippen molar-refractivity contribution >= 4 is 0 Å². The Hall–Kier alpha value is -1.68. The van der Waals surface area contributed by atoms with Gasteiger partial charge in [0.1, 0.15) is 12.1 Å². The third-order valence-corrected chi connectivity index (χ3v) is 2.69. The molecule has 0 aliphatic heterocycles. The van der Waals surface area contributed by atoms with Gasteiger partial charge in [0.2, 0.25) is 0 Å². The molecule has 84 valence electrons. The summed E-state index contributed by atoms with van der Waals surface area (Å²) < 4.78 is 2.01. The van der Waals surface area contributed by atoms with Gasteiger partial charge in [-0.3, -0.25) is 4.57 Å². The number of aryl methyl sites for hydroxylation is 1. The fourth-order valence-electron chi connectivity index (χ4n) is 1.64. The highest BCUT2D eigenvalue weighted by Gasteiger charge is 2.05. The average Bonchev–Trinajstić information content (AvgIpc) is 2.61. The Balaban J connectivity index is 2.40. The van der Waals surface area contributed by atoms with Crippen LogP contribution in [0.1, 0.15) is 17.0 Å². The van der Waals surface area contributed by atoms with Gasteiger partial charge in [0, 0.05) is 18.4 Å². The summed E-state index contributed by atoms with van der Waals surface area (Å²) in [5, 5.41) is 3.13. The topological polar surface area (TPSA) is 42.7 Å². The van der Waals surface area contributed by atoms with Crippen LogP contribution in [0, 0.1) is 13.8 Å². The Bertz CT molecular complexity index is 488. The zero-order valence-electron chi connectivity index (χ0n) is 9.86. The quantitative estimate of drug-likeness (QED) is 0.847. The maximum absolute atomic E-state index is 4.36. The molecule has 2 rings (SSSR count). The second kappa shape index (κ2) is 4.45. The van der Waals surface area contributed by atoms with E-state index in [2.05, 4.69) is 28.3 Å². The highest BCUT2D eigenvalue weighted by Crippen LogP contribution is 2.12. The smallest absolute Gasteiger partial charge is 0.138 e. The zero-order valence-corrected chi connectivity index (χ0v) is 9.86. The van der Waals surface area contributed by atoms with Crippen LogP contribution in [0.25, 0.3) is 5.82 Å². The Labute approximate surface area is 95.4 Å². The van der Waals surface area contributed by atoms with Crippen molar-refractivity contribution in [3.63, 3.8) is 0 Å². The number of nitrogens with zero attached hydrogens (tertiary/aromatic N) is 3. The van der Waals surface area contributed by atoms with Crippen LogP contribution in [-0.2, 0) is 6.54 Å². The highest BCUT2D eigenvalue weighted by atomic mass is 15.1. The molecule has 4 nitrogen and oxygen atoms in total. The Kier molecular flexibility index (Phi) is 3.01. The van der Waals surface area contributed by atoms with Crippen LogP contribution in [0.15, 0.2) is 24.7 Å². The van der Waals surface area contributed by atoms with Crippen LogP contribution in [-0.4, -0.2) is 21.6 Å². The molecule has 0 saturated carbocycles. The molecule has 0 bridgehead atoms. The van der Waals surface area contributed by atoms with Gasteiger partial charge in [0.05, 0.1) is 5.69 Å². The van der Waals surface area contributed by atoms with E-state index in [1.165, 1.54) is 5.56 Å². The lowest BCUT2D eigenvalue weighted by Gasteiger charge is -2.06. The van der Waals surface area contributed by atoms with E-state index >= 15 is 0 Å². The van der Waals surface area contributed by atoms with Gasteiger partial charge in [-0.1, -0.05) is 0 Å². The van der Waals surface area contributed by atoms with Crippen molar-refractivity contribution < 1.29 is 0 Å². The fourth-order valence-corrected chi connectivity index (χ4v) is 1.64. The largest absolute Gasteiger partial charge is 0.316 e. The molecule has 0 radical (unpaired) electrons. The number of hydrogen-bond acceptors (Lipinski definition) is 3. The average molecular weight is 216 g/mol. The first kappa shape index (κ1) is 10.8. The van der Waals surface area contributed by atoms with Gasteiger partial charge in [-0.25, -0.2) is 9.97 Å². The van der Waals surface area contributed by atoms with Crippen LogP contribution in [0.3, 0.4) is 0 Å². The summed E-state index contributed by atoms with van der Waals surface area (Å²) in [7, 11) is 1.94. The number of hydrogen-bond donors (Lipinski definition) is 1. The molecule has 0 amide bonds. The lowest BCUT2D eigenvalue weighted by molar-refractivity contribution is 0.811. The van der Waals surface area contributed by atoms with E-state index in [1.807, 2.05) is 37.1 Å². The number of pyridine rings is 1. The second-order valence-corrected chi connectivity index (χ2v) is 3.84. The Morgan fingerprint density at radius 3 is 2.75 bits per heavy atom. The van der Waals surface area contributed by atoms with E-state index in [0.29, 0.717) is 0 Å². The van der Waals surface area contributed by atoms with Gasteiger partial charge in [0.15, 0.2) is 0 Å². The molecule has 0 atom stereocenters. The van der Waals surface area contributed by atoms with E-state index in [4.69, 9.17) is 0 Å². The first-order valence-corrected chi connectivity index (χ1v) is 5.33. The van der Waals surface area contributed by atoms with Crippen LogP contribution < -0.4 is 5.32 Å². The summed E-state index contributed by atoms with van der Waals surface area (Å²) >= 11 is 0. The van der Waals surface area contributed by atoms with Crippen molar-refractivity contribution in [1.29, 1.82) is 0 Å². The molecule has 2 aromatic rings. The van der Waals surface area contributed by atoms with Crippen LogP contribution in [0.4, 0.5) is 0 Å². The van der Waals surface area contributed by atoms with Crippen molar-refractivity contribution in [2.45, 2.75) is 20.4 Å². The second-order valence-electron chi connectivity index (χ2n) is 3.84. The van der Waals surface area contributed by atoms with Gasteiger partial charge in [-0.05, 0) is 38.6 Å². The first-order chi connectivity index (χ1) is 7.72. The van der Waals surface area contributed by atoms with Crippen molar-refractivity contribution in [1.82, 2.24) is 19.9 Å². The molecule has 0 aliphatic carbocycles. The fraction of sp³-hybridized carbons (Fsp3) is 0.333. The number of rotatable bonds is 3. The Morgan fingerprint density at radius 1 is 1.31 bits per heavy atom. The van der Waals surface area contributed by atoms with Crippen LogP contribution in [0.5, 0.6) is 0 Å². The molecular weight excluding hydrogens is 200 g/mol. The van der Waals surface area contributed by atoms with Gasteiger partial charge in [-0.15, -0.1) is 0 Å². The maximum Gasteiger partial charge on any atom is 0.138 e. The molecule has 2 aromatic heterocycles. The molecule has 0 fully saturated rings. The molecule has 16 heavy (non-hydrogen) atoms. The monoisotopic (exact) mass is 216 g/mol. The molecule has 2 heterocycles. The third-order valence-electron chi connectivity index (χ3n) is 2.69. The first-order valence-electron chi connectivity index (χ1n) is 5.33. The molecular formula is C12H16N4. The summed E-state index contributed by atoms with van der Waals surface area (Å²) in [5.41, 5.74) is 3.40. The van der Waals surface area contributed by atoms with E-state index in [-0.39, 0.29) is 0 Å². The predicted molar refractivity (Wildman–Crippen MR) is 63.6 cm³/mol. The summed E-state index contributed by atoms with van der Waals surface area (Å²) in [6, 6.07) is 4.09. The maximum atomic E-state index is 4.36. The molecule has 1 N–H and O–H groups in total. The number of nitrogens with one attached hydrogen (secondary N) is 1. The van der Waals surface area contributed by atoms with Crippen LogP contribution in [0.2, 0.25) is 0 Å². The summed E-state index contributed by atoms with van der Waals surface area (Å²) in [4.78, 5) is 8.64. The SMILES string of the molecule is CNCc1ccnc(-n2cnc(C)c2C)c1. The summed E-state index contributed by atoms with van der Waals surface area (Å²) in [5.74, 6) is 0.922. The number of imidazole rings is 1. The van der Waals surface area contributed by atoms with Crippen molar-refractivity contribution in [3.8, 4) is 5.82 Å². The molecule has 0 aromatic carbocycles. The van der Waals surface area contributed by atoms with Gasteiger partial charge in [-0.2, -0.15) is 0 Å². The Morgan fingerprint density at radius 2 is 2.12 bits per heavy atom. The van der Waals surface area contributed by atoms with E-state index in [9.17, 15) is 0 Å². The minimum Gasteiger partial charge on any atom is -0.316 e. The number of aromatic nitrogens is 3. The normalized spacial score (nSPS) is 10.7.